The number of carbonyl (C=O) groups excluding carboxylic acids is 2. The van der Waals surface area contributed by atoms with Crippen LogP contribution in [0.1, 0.15) is 36.0 Å². The number of nitrogens with zero attached hydrogens (tertiary/aromatic N) is 1. The number of ether oxygens (including phenoxy) is 2. The molecule has 3 rings (SSSR count). The van der Waals surface area contributed by atoms with Gasteiger partial charge in [-0.1, -0.05) is 0 Å². The molecule has 0 bridgehead atoms. The molecule has 154 valence electrons. The Balaban J connectivity index is 1.64. The highest BCUT2D eigenvalue weighted by Crippen LogP contribution is 2.32. The number of nitrogens with one attached hydrogen (secondary N) is 1. The van der Waals surface area contributed by atoms with E-state index in [1.165, 1.54) is 17.7 Å². The number of hydrogen-bond acceptors (Lipinski definition) is 5. The van der Waals surface area contributed by atoms with Gasteiger partial charge < -0.3 is 19.7 Å². The summed E-state index contributed by atoms with van der Waals surface area (Å²) >= 11 is 1.14. The predicted molar refractivity (Wildman–Crippen MR) is 115 cm³/mol. The van der Waals surface area contributed by atoms with Gasteiger partial charge in [0.25, 0.3) is 11.1 Å². The number of thioether (sulfide) groups is 1. The lowest BCUT2D eigenvalue weighted by Gasteiger charge is -2.16. The average molecular weight is 415 g/mol. The number of amides is 2. The minimum atomic E-state index is -0.236. The maximum Gasteiger partial charge on any atom is 0.285 e. The normalized spacial score (nSPS) is 13.8. The lowest BCUT2D eigenvalue weighted by Crippen LogP contribution is -2.16. The average Bonchev–Trinajstić information content (AvgIpc) is 3.22. The van der Waals surface area contributed by atoms with Crippen molar-refractivity contribution in [1.82, 2.24) is 4.90 Å². The Bertz CT molecular complexity index is 862. The van der Waals surface area contributed by atoms with E-state index in [0.717, 1.165) is 29.5 Å². The third-order valence-electron chi connectivity index (χ3n) is 4.70. The van der Waals surface area contributed by atoms with Gasteiger partial charge >= 0.3 is 0 Å². The summed E-state index contributed by atoms with van der Waals surface area (Å²) in [5.74, 6) is 0.988. The number of methoxy groups -OCH3 is 1. The van der Waals surface area contributed by atoms with Gasteiger partial charge in [-0.05, 0) is 79.9 Å². The number of carbonyl (C=O) groups is 2. The zero-order chi connectivity index (χ0) is 20.8. The highest BCUT2D eigenvalue weighted by Gasteiger charge is 2.19. The van der Waals surface area contributed by atoms with Crippen molar-refractivity contribution in [2.75, 3.05) is 26.5 Å². The molecule has 2 aromatic carbocycles. The molecule has 0 unspecified atom stereocenters. The van der Waals surface area contributed by atoms with Crippen molar-refractivity contribution in [2.24, 2.45) is 0 Å². The van der Waals surface area contributed by atoms with Crippen molar-refractivity contribution in [3.05, 3.63) is 48.0 Å². The fourth-order valence-corrected chi connectivity index (χ4v) is 3.75. The van der Waals surface area contributed by atoms with Crippen LogP contribution in [0.5, 0.6) is 11.5 Å². The van der Waals surface area contributed by atoms with Crippen molar-refractivity contribution < 1.29 is 19.1 Å². The quantitative estimate of drug-likeness (QED) is 0.671. The maximum absolute atomic E-state index is 12.6. The van der Waals surface area contributed by atoms with E-state index in [-0.39, 0.29) is 17.3 Å². The van der Waals surface area contributed by atoms with Gasteiger partial charge in [-0.15, -0.1) is 0 Å². The minimum Gasteiger partial charge on any atom is -0.493 e. The highest BCUT2D eigenvalue weighted by atomic mass is 32.2. The van der Waals surface area contributed by atoms with Crippen LogP contribution >= 0.6 is 11.8 Å². The van der Waals surface area contributed by atoms with Crippen LogP contribution in [-0.4, -0.2) is 43.4 Å². The fourth-order valence-electron chi connectivity index (χ4n) is 3.09. The molecule has 2 aromatic rings. The Morgan fingerprint density at radius 3 is 2.34 bits per heavy atom. The van der Waals surface area contributed by atoms with Gasteiger partial charge in [-0.2, -0.15) is 0 Å². The lowest BCUT2D eigenvalue weighted by atomic mass is 10.1. The second-order valence-electron chi connectivity index (χ2n) is 7.13. The van der Waals surface area contributed by atoms with E-state index in [1.54, 1.807) is 63.7 Å². The first-order valence-electron chi connectivity index (χ1n) is 9.61. The first kappa shape index (κ1) is 21.0. The van der Waals surface area contributed by atoms with Gasteiger partial charge in [-0.25, -0.2) is 0 Å². The number of anilines is 1. The molecule has 0 spiro atoms. The molecule has 1 aliphatic rings. The third-order valence-corrected chi connectivity index (χ3v) is 5.75. The molecule has 0 aliphatic heterocycles. The Labute approximate surface area is 175 Å². The van der Waals surface area contributed by atoms with E-state index >= 15 is 0 Å². The van der Waals surface area contributed by atoms with E-state index in [9.17, 15) is 9.59 Å². The van der Waals surface area contributed by atoms with Crippen molar-refractivity contribution >= 4 is 28.6 Å². The van der Waals surface area contributed by atoms with E-state index in [0.29, 0.717) is 22.7 Å². The largest absolute Gasteiger partial charge is 0.493 e. The molecule has 6 nitrogen and oxygen atoms in total. The summed E-state index contributed by atoms with van der Waals surface area (Å²) in [5, 5.41) is 2.82. The van der Waals surface area contributed by atoms with Crippen molar-refractivity contribution in [3.8, 4) is 11.5 Å². The van der Waals surface area contributed by atoms with Gasteiger partial charge in [0.15, 0.2) is 11.5 Å². The molecule has 2 amide bonds. The molecule has 1 N–H and O–H groups in total. The topological polar surface area (TPSA) is 67.9 Å². The number of benzene rings is 2. The van der Waals surface area contributed by atoms with Crippen LogP contribution in [0.15, 0.2) is 47.4 Å². The van der Waals surface area contributed by atoms with E-state index in [2.05, 4.69) is 5.32 Å². The lowest BCUT2D eigenvalue weighted by molar-refractivity contribution is 0.102. The van der Waals surface area contributed by atoms with Gasteiger partial charge in [0.05, 0.1) is 13.2 Å². The van der Waals surface area contributed by atoms with Crippen LogP contribution in [0.2, 0.25) is 0 Å². The van der Waals surface area contributed by atoms with Crippen molar-refractivity contribution in [2.45, 2.75) is 36.7 Å². The van der Waals surface area contributed by atoms with Crippen LogP contribution in [0.4, 0.5) is 10.5 Å². The van der Waals surface area contributed by atoms with Gasteiger partial charge in [0.1, 0.15) is 0 Å². The molecule has 29 heavy (non-hydrogen) atoms. The predicted octanol–water partition coefficient (Wildman–Crippen LogP) is 5.04. The summed E-state index contributed by atoms with van der Waals surface area (Å²) in [5.41, 5.74) is 1.14. The standard InChI is InChI=1S/C22H26N2O4S/c1-24(2)22(26)29-18-11-9-16(10-12-18)23-21(25)15-8-13-19(20(14-15)27-3)28-17-6-4-5-7-17/h8-14,17H,4-7H2,1-3H3,(H,23,25). The van der Waals surface area contributed by atoms with Crippen LogP contribution in [0.3, 0.4) is 0 Å². The van der Waals surface area contributed by atoms with Crippen LogP contribution in [0, 0.1) is 0 Å². The van der Waals surface area contributed by atoms with Gasteiger partial charge in [-0.3, -0.25) is 9.59 Å². The number of hydrogen-bond donors (Lipinski definition) is 1. The minimum absolute atomic E-state index is 0.0474. The maximum atomic E-state index is 12.6. The molecule has 0 aromatic heterocycles. The second-order valence-corrected chi connectivity index (χ2v) is 8.16. The van der Waals surface area contributed by atoms with Crippen LogP contribution in [0.25, 0.3) is 0 Å². The summed E-state index contributed by atoms with van der Waals surface area (Å²) in [6.07, 6.45) is 4.71. The molecule has 0 heterocycles. The first-order valence-corrected chi connectivity index (χ1v) is 10.4. The Morgan fingerprint density at radius 1 is 1.03 bits per heavy atom. The Hall–Kier alpha value is -2.67. The monoisotopic (exact) mass is 414 g/mol. The molecule has 0 saturated heterocycles. The smallest absolute Gasteiger partial charge is 0.285 e. The first-order chi connectivity index (χ1) is 14.0. The Kier molecular flexibility index (Phi) is 7.04. The van der Waals surface area contributed by atoms with E-state index < -0.39 is 0 Å². The van der Waals surface area contributed by atoms with Crippen molar-refractivity contribution in [1.29, 1.82) is 0 Å². The molecule has 1 aliphatic carbocycles. The molecule has 1 saturated carbocycles. The summed E-state index contributed by atoms with van der Waals surface area (Å²) in [7, 11) is 4.99. The summed E-state index contributed by atoms with van der Waals surface area (Å²) in [4.78, 5) is 26.7. The summed E-state index contributed by atoms with van der Waals surface area (Å²) < 4.78 is 11.4. The zero-order valence-electron chi connectivity index (χ0n) is 16.9. The van der Waals surface area contributed by atoms with E-state index in [4.69, 9.17) is 9.47 Å². The molecular weight excluding hydrogens is 388 g/mol. The van der Waals surface area contributed by atoms with E-state index in [1.807, 2.05) is 0 Å². The van der Waals surface area contributed by atoms with Gasteiger partial charge in [0, 0.05) is 30.2 Å². The summed E-state index contributed by atoms with van der Waals surface area (Å²) in [6, 6.07) is 12.4. The second kappa shape index (κ2) is 9.69. The van der Waals surface area contributed by atoms with Gasteiger partial charge in [0.2, 0.25) is 0 Å². The Morgan fingerprint density at radius 2 is 1.72 bits per heavy atom. The van der Waals surface area contributed by atoms with Crippen molar-refractivity contribution in [3.63, 3.8) is 0 Å². The zero-order valence-corrected chi connectivity index (χ0v) is 17.8. The number of rotatable bonds is 6. The third kappa shape index (κ3) is 5.67. The highest BCUT2D eigenvalue weighted by molar-refractivity contribution is 8.13. The molecule has 0 atom stereocenters. The summed E-state index contributed by atoms with van der Waals surface area (Å²) in [6.45, 7) is 0. The van der Waals surface area contributed by atoms with Crippen LogP contribution < -0.4 is 14.8 Å². The molecule has 1 fully saturated rings. The molecule has 7 heteroatoms. The fraction of sp³-hybridized carbons (Fsp3) is 0.364. The molecule has 0 radical (unpaired) electrons. The SMILES string of the molecule is COc1cc(C(=O)Nc2ccc(SC(=O)N(C)C)cc2)ccc1OC1CCCC1. The molecular formula is C22H26N2O4S. The van der Waals surface area contributed by atoms with Crippen LogP contribution in [-0.2, 0) is 0 Å².